The highest BCUT2D eigenvalue weighted by Gasteiger charge is 2.37. The molecule has 92 valence electrons. The van der Waals surface area contributed by atoms with Gasteiger partial charge in [0.25, 0.3) is 0 Å². The standard InChI is InChI=1S/C12H14O4S/c1-15-12(16-2)11(14)8-3-4-9-7(10(8)13)5-6-17-9/h5-6,8,12H,3-4H2,1-2H3. The number of methoxy groups -OCH3 is 2. The van der Waals surface area contributed by atoms with E-state index in [9.17, 15) is 9.59 Å². The summed E-state index contributed by atoms with van der Waals surface area (Å²) in [5.74, 6) is -1.00. The van der Waals surface area contributed by atoms with E-state index < -0.39 is 12.2 Å². The molecule has 4 nitrogen and oxygen atoms in total. The van der Waals surface area contributed by atoms with Crippen molar-refractivity contribution in [2.75, 3.05) is 14.2 Å². The predicted molar refractivity (Wildman–Crippen MR) is 63.3 cm³/mol. The van der Waals surface area contributed by atoms with E-state index >= 15 is 0 Å². The van der Waals surface area contributed by atoms with Crippen molar-refractivity contribution in [1.29, 1.82) is 0 Å². The third-order valence-corrected chi connectivity index (χ3v) is 3.97. The normalized spacial score (nSPS) is 19.5. The molecule has 17 heavy (non-hydrogen) atoms. The van der Waals surface area contributed by atoms with Crippen LogP contribution < -0.4 is 0 Å². The first-order chi connectivity index (χ1) is 8.19. The van der Waals surface area contributed by atoms with E-state index in [-0.39, 0.29) is 11.6 Å². The number of aryl methyl sites for hydroxylation is 1. The van der Waals surface area contributed by atoms with Crippen LogP contribution in [-0.4, -0.2) is 32.1 Å². The summed E-state index contributed by atoms with van der Waals surface area (Å²) in [6, 6.07) is 1.79. The zero-order valence-corrected chi connectivity index (χ0v) is 10.6. The summed E-state index contributed by atoms with van der Waals surface area (Å²) < 4.78 is 9.82. The Hall–Kier alpha value is -1.04. The first kappa shape index (κ1) is 12.4. The van der Waals surface area contributed by atoms with Gasteiger partial charge >= 0.3 is 0 Å². The summed E-state index contributed by atoms with van der Waals surface area (Å²) >= 11 is 1.57. The van der Waals surface area contributed by atoms with Crippen LogP contribution in [0.15, 0.2) is 11.4 Å². The average Bonchev–Trinajstić information content (AvgIpc) is 2.80. The van der Waals surface area contributed by atoms with Crippen molar-refractivity contribution in [3.8, 4) is 0 Å². The van der Waals surface area contributed by atoms with Crippen LogP contribution in [0.2, 0.25) is 0 Å². The molecule has 1 unspecified atom stereocenters. The van der Waals surface area contributed by atoms with Crippen LogP contribution in [0.4, 0.5) is 0 Å². The second-order valence-corrected chi connectivity index (χ2v) is 4.92. The Bertz CT molecular complexity index is 433. The Kier molecular flexibility index (Phi) is 3.71. The van der Waals surface area contributed by atoms with Crippen molar-refractivity contribution in [2.24, 2.45) is 5.92 Å². The summed E-state index contributed by atoms with van der Waals surface area (Å²) in [7, 11) is 2.80. The number of ketones is 2. The first-order valence-corrected chi connectivity index (χ1v) is 6.27. The molecule has 0 bridgehead atoms. The summed E-state index contributed by atoms with van der Waals surface area (Å²) in [5, 5.41) is 1.89. The minimum atomic E-state index is -0.941. The lowest BCUT2D eigenvalue weighted by Gasteiger charge is -2.22. The monoisotopic (exact) mass is 254 g/mol. The summed E-state index contributed by atoms with van der Waals surface area (Å²) in [4.78, 5) is 25.2. The van der Waals surface area contributed by atoms with Gasteiger partial charge in [-0.1, -0.05) is 0 Å². The van der Waals surface area contributed by atoms with Gasteiger partial charge in [0.1, 0.15) is 0 Å². The largest absolute Gasteiger partial charge is 0.349 e. The van der Waals surface area contributed by atoms with E-state index in [0.29, 0.717) is 12.0 Å². The van der Waals surface area contributed by atoms with Crippen LogP contribution in [0.25, 0.3) is 0 Å². The molecule has 0 N–H and O–H groups in total. The van der Waals surface area contributed by atoms with E-state index in [1.165, 1.54) is 14.2 Å². The van der Waals surface area contributed by atoms with Crippen molar-refractivity contribution in [1.82, 2.24) is 0 Å². The van der Waals surface area contributed by atoms with Crippen LogP contribution in [0.3, 0.4) is 0 Å². The second kappa shape index (κ2) is 5.08. The molecule has 0 aliphatic heterocycles. The second-order valence-electron chi connectivity index (χ2n) is 3.92. The quantitative estimate of drug-likeness (QED) is 0.606. The number of carbonyl (C=O) groups excluding carboxylic acids is 2. The number of carbonyl (C=O) groups is 2. The topological polar surface area (TPSA) is 52.6 Å². The molecule has 1 aromatic rings. The number of hydrogen-bond donors (Lipinski definition) is 0. The third-order valence-electron chi connectivity index (χ3n) is 2.99. The Morgan fingerprint density at radius 3 is 2.82 bits per heavy atom. The average molecular weight is 254 g/mol. The molecule has 1 aliphatic carbocycles. The molecule has 0 aromatic carbocycles. The van der Waals surface area contributed by atoms with E-state index in [2.05, 4.69) is 0 Å². The van der Waals surface area contributed by atoms with Gasteiger partial charge in [-0.25, -0.2) is 0 Å². The highest BCUT2D eigenvalue weighted by Crippen LogP contribution is 2.30. The molecule has 2 rings (SSSR count). The highest BCUT2D eigenvalue weighted by molar-refractivity contribution is 7.10. The number of Topliss-reactive ketones (excluding diaryl/α,β-unsaturated/α-hetero) is 2. The lowest BCUT2D eigenvalue weighted by atomic mass is 9.84. The summed E-state index contributed by atoms with van der Waals surface area (Å²) in [6.45, 7) is 0. The third kappa shape index (κ3) is 2.18. The Balaban J connectivity index is 2.20. The van der Waals surface area contributed by atoms with Crippen molar-refractivity contribution in [3.05, 3.63) is 21.9 Å². The molecule has 0 radical (unpaired) electrons. The molecule has 1 heterocycles. The summed E-state index contributed by atoms with van der Waals surface area (Å²) in [6.07, 6.45) is 0.382. The molecule has 0 amide bonds. The van der Waals surface area contributed by atoms with Gasteiger partial charge < -0.3 is 9.47 Å². The van der Waals surface area contributed by atoms with E-state index in [1.807, 2.05) is 5.38 Å². The number of fused-ring (bicyclic) bond motifs is 1. The Labute approximate surface area is 104 Å². The van der Waals surface area contributed by atoms with E-state index in [1.54, 1.807) is 17.4 Å². The van der Waals surface area contributed by atoms with Crippen molar-refractivity contribution >= 4 is 22.9 Å². The molecule has 1 atom stereocenters. The Morgan fingerprint density at radius 2 is 2.18 bits per heavy atom. The number of thiophene rings is 1. The predicted octanol–water partition coefficient (Wildman–Crippen LogP) is 1.68. The number of rotatable bonds is 4. The molecular formula is C12H14O4S. The maximum Gasteiger partial charge on any atom is 0.218 e. The molecule has 5 heteroatoms. The molecule has 0 saturated carbocycles. The van der Waals surface area contributed by atoms with Gasteiger partial charge in [-0.3, -0.25) is 9.59 Å². The molecule has 1 aromatic heterocycles. The van der Waals surface area contributed by atoms with Gasteiger partial charge in [-0.2, -0.15) is 0 Å². The fourth-order valence-electron chi connectivity index (χ4n) is 2.11. The van der Waals surface area contributed by atoms with Crippen LogP contribution in [0.1, 0.15) is 21.7 Å². The molecule has 0 spiro atoms. The molecule has 0 saturated heterocycles. The first-order valence-electron chi connectivity index (χ1n) is 5.39. The lowest BCUT2D eigenvalue weighted by molar-refractivity contribution is -0.159. The van der Waals surface area contributed by atoms with E-state index in [4.69, 9.17) is 9.47 Å². The van der Waals surface area contributed by atoms with Crippen molar-refractivity contribution < 1.29 is 19.1 Å². The van der Waals surface area contributed by atoms with Gasteiger partial charge in [-0.15, -0.1) is 11.3 Å². The van der Waals surface area contributed by atoms with Crippen LogP contribution in [-0.2, 0) is 20.7 Å². The van der Waals surface area contributed by atoms with E-state index in [0.717, 1.165) is 11.3 Å². The lowest BCUT2D eigenvalue weighted by Crippen LogP contribution is -2.37. The number of hydrogen-bond acceptors (Lipinski definition) is 5. The SMILES string of the molecule is COC(OC)C(=O)C1CCc2sccc2C1=O. The molecular weight excluding hydrogens is 240 g/mol. The minimum Gasteiger partial charge on any atom is -0.349 e. The fourth-order valence-corrected chi connectivity index (χ4v) is 3.01. The van der Waals surface area contributed by atoms with Crippen molar-refractivity contribution in [3.63, 3.8) is 0 Å². The van der Waals surface area contributed by atoms with Gasteiger partial charge in [0.2, 0.25) is 6.29 Å². The minimum absolute atomic E-state index is 0.100. The van der Waals surface area contributed by atoms with Gasteiger partial charge in [0.15, 0.2) is 11.6 Å². The molecule has 0 fully saturated rings. The van der Waals surface area contributed by atoms with Gasteiger partial charge in [-0.05, 0) is 24.3 Å². The fraction of sp³-hybridized carbons (Fsp3) is 0.500. The molecule has 1 aliphatic rings. The van der Waals surface area contributed by atoms with Crippen LogP contribution >= 0.6 is 11.3 Å². The van der Waals surface area contributed by atoms with Gasteiger partial charge in [0, 0.05) is 24.7 Å². The van der Waals surface area contributed by atoms with Crippen molar-refractivity contribution in [2.45, 2.75) is 19.1 Å². The maximum absolute atomic E-state index is 12.1. The maximum atomic E-state index is 12.1. The van der Waals surface area contributed by atoms with Crippen LogP contribution in [0, 0.1) is 5.92 Å². The smallest absolute Gasteiger partial charge is 0.218 e. The number of ether oxygens (including phenoxy) is 2. The highest BCUT2D eigenvalue weighted by atomic mass is 32.1. The van der Waals surface area contributed by atoms with Gasteiger partial charge in [0.05, 0.1) is 5.92 Å². The summed E-state index contributed by atoms with van der Waals surface area (Å²) in [5.41, 5.74) is 0.686. The zero-order chi connectivity index (χ0) is 12.4. The Morgan fingerprint density at radius 1 is 1.47 bits per heavy atom. The zero-order valence-electron chi connectivity index (χ0n) is 9.76. The van der Waals surface area contributed by atoms with Crippen LogP contribution in [0.5, 0.6) is 0 Å².